The number of aromatic nitrogens is 1. The lowest BCUT2D eigenvalue weighted by molar-refractivity contribution is 0.0601. The molecular weight excluding hydrogens is 252 g/mol. The van der Waals surface area contributed by atoms with Gasteiger partial charge in [0.2, 0.25) is 0 Å². The van der Waals surface area contributed by atoms with Gasteiger partial charge in [0.1, 0.15) is 0 Å². The molecule has 0 fully saturated rings. The fourth-order valence-electron chi connectivity index (χ4n) is 2.31. The number of hydrogen-bond donors (Lipinski definition) is 1. The summed E-state index contributed by atoms with van der Waals surface area (Å²) in [5.41, 5.74) is 8.97. The SMILES string of the molecule is COC(=O)c1ccc(-n2ccc3ccccc32)c(N)c1. The van der Waals surface area contributed by atoms with Crippen molar-refractivity contribution >= 4 is 22.6 Å². The molecule has 0 radical (unpaired) electrons. The number of carbonyl (C=O) groups excluding carboxylic acids is 1. The summed E-state index contributed by atoms with van der Waals surface area (Å²) in [5.74, 6) is -0.388. The molecular formula is C16H14N2O2. The smallest absolute Gasteiger partial charge is 0.337 e. The molecule has 2 aromatic carbocycles. The number of benzene rings is 2. The number of esters is 1. The van der Waals surface area contributed by atoms with Gasteiger partial charge in [-0.25, -0.2) is 4.79 Å². The normalized spacial score (nSPS) is 10.7. The molecule has 0 aliphatic heterocycles. The minimum Gasteiger partial charge on any atom is -0.465 e. The molecule has 0 atom stereocenters. The van der Waals surface area contributed by atoms with Crippen LogP contribution in [0.3, 0.4) is 0 Å². The van der Waals surface area contributed by atoms with Gasteiger partial charge < -0.3 is 15.0 Å². The molecule has 0 saturated carbocycles. The van der Waals surface area contributed by atoms with E-state index in [0.717, 1.165) is 16.6 Å². The van der Waals surface area contributed by atoms with Gasteiger partial charge in [-0.2, -0.15) is 0 Å². The van der Waals surface area contributed by atoms with Crippen LogP contribution in [0.1, 0.15) is 10.4 Å². The van der Waals surface area contributed by atoms with E-state index in [-0.39, 0.29) is 5.97 Å². The van der Waals surface area contributed by atoms with Crippen LogP contribution in [0.5, 0.6) is 0 Å². The van der Waals surface area contributed by atoms with Gasteiger partial charge in [-0.1, -0.05) is 18.2 Å². The highest BCUT2D eigenvalue weighted by Crippen LogP contribution is 2.25. The van der Waals surface area contributed by atoms with Gasteiger partial charge in [0.05, 0.1) is 29.6 Å². The average Bonchev–Trinajstić information content (AvgIpc) is 2.90. The van der Waals surface area contributed by atoms with E-state index < -0.39 is 0 Å². The maximum atomic E-state index is 11.5. The zero-order valence-electron chi connectivity index (χ0n) is 11.0. The molecule has 1 aromatic heterocycles. The maximum Gasteiger partial charge on any atom is 0.337 e. The van der Waals surface area contributed by atoms with E-state index >= 15 is 0 Å². The lowest BCUT2D eigenvalue weighted by Gasteiger charge is -2.10. The van der Waals surface area contributed by atoms with E-state index in [2.05, 4.69) is 0 Å². The first-order valence-electron chi connectivity index (χ1n) is 6.25. The Kier molecular flexibility index (Phi) is 2.91. The first kappa shape index (κ1) is 12.3. The molecule has 0 spiro atoms. The first-order valence-corrected chi connectivity index (χ1v) is 6.25. The fourth-order valence-corrected chi connectivity index (χ4v) is 2.31. The molecule has 4 nitrogen and oxygen atoms in total. The number of nitrogen functional groups attached to an aromatic ring is 1. The lowest BCUT2D eigenvalue weighted by atomic mass is 10.1. The van der Waals surface area contributed by atoms with Gasteiger partial charge in [-0.15, -0.1) is 0 Å². The van der Waals surface area contributed by atoms with Crippen LogP contribution >= 0.6 is 0 Å². The third-order valence-electron chi connectivity index (χ3n) is 3.31. The molecule has 0 amide bonds. The van der Waals surface area contributed by atoms with Gasteiger partial charge in [0, 0.05) is 6.20 Å². The Hall–Kier alpha value is -2.75. The highest BCUT2D eigenvalue weighted by atomic mass is 16.5. The Morgan fingerprint density at radius 2 is 1.95 bits per heavy atom. The van der Waals surface area contributed by atoms with E-state index in [1.165, 1.54) is 7.11 Å². The van der Waals surface area contributed by atoms with Crippen molar-refractivity contribution in [1.29, 1.82) is 0 Å². The topological polar surface area (TPSA) is 57.2 Å². The minimum absolute atomic E-state index is 0.388. The third-order valence-corrected chi connectivity index (χ3v) is 3.31. The van der Waals surface area contributed by atoms with E-state index in [1.807, 2.05) is 47.2 Å². The summed E-state index contributed by atoms with van der Waals surface area (Å²) in [6.07, 6.45) is 1.97. The Morgan fingerprint density at radius 3 is 2.70 bits per heavy atom. The molecule has 20 heavy (non-hydrogen) atoms. The van der Waals surface area contributed by atoms with Crippen LogP contribution in [0, 0.1) is 0 Å². The van der Waals surface area contributed by atoms with E-state index in [9.17, 15) is 4.79 Å². The molecule has 0 bridgehead atoms. The molecule has 2 N–H and O–H groups in total. The number of fused-ring (bicyclic) bond motifs is 1. The highest BCUT2D eigenvalue weighted by molar-refractivity contribution is 5.91. The predicted molar refractivity (Wildman–Crippen MR) is 79.0 cm³/mol. The van der Waals surface area contributed by atoms with Crippen molar-refractivity contribution < 1.29 is 9.53 Å². The predicted octanol–water partition coefficient (Wildman–Crippen LogP) is 3.00. The number of nitrogens with zero attached hydrogens (tertiary/aromatic N) is 1. The van der Waals surface area contributed by atoms with Gasteiger partial charge in [-0.3, -0.25) is 0 Å². The Morgan fingerprint density at radius 1 is 1.15 bits per heavy atom. The second-order valence-corrected chi connectivity index (χ2v) is 4.51. The van der Waals surface area contributed by atoms with Crippen molar-refractivity contribution in [2.45, 2.75) is 0 Å². The van der Waals surface area contributed by atoms with E-state index in [1.54, 1.807) is 12.1 Å². The van der Waals surface area contributed by atoms with Crippen LogP contribution in [0.2, 0.25) is 0 Å². The summed E-state index contributed by atoms with van der Waals surface area (Å²) in [6.45, 7) is 0. The van der Waals surface area contributed by atoms with Gasteiger partial charge in [0.25, 0.3) is 0 Å². The first-order chi connectivity index (χ1) is 9.70. The van der Waals surface area contributed by atoms with Gasteiger partial charge >= 0.3 is 5.97 Å². The van der Waals surface area contributed by atoms with Crippen molar-refractivity contribution in [1.82, 2.24) is 4.57 Å². The van der Waals surface area contributed by atoms with Crippen LogP contribution in [0.15, 0.2) is 54.7 Å². The molecule has 3 aromatic rings. The van der Waals surface area contributed by atoms with Crippen LogP contribution in [0.4, 0.5) is 5.69 Å². The summed E-state index contributed by atoms with van der Waals surface area (Å²) < 4.78 is 6.70. The lowest BCUT2D eigenvalue weighted by Crippen LogP contribution is -2.04. The van der Waals surface area contributed by atoms with Gasteiger partial charge in [-0.05, 0) is 35.7 Å². The van der Waals surface area contributed by atoms with Crippen LogP contribution in [0.25, 0.3) is 16.6 Å². The summed E-state index contributed by atoms with van der Waals surface area (Å²) in [6, 6.07) is 15.3. The molecule has 0 aliphatic rings. The molecule has 0 saturated heterocycles. The molecule has 100 valence electrons. The van der Waals surface area contributed by atoms with Crippen LogP contribution in [-0.2, 0) is 4.74 Å². The number of carbonyl (C=O) groups is 1. The Balaban J connectivity index is 2.13. The fraction of sp³-hybridized carbons (Fsp3) is 0.0625. The van der Waals surface area contributed by atoms with Crippen molar-refractivity contribution in [2.75, 3.05) is 12.8 Å². The molecule has 0 aliphatic carbocycles. The Bertz CT molecular complexity index is 790. The standard InChI is InChI=1S/C16H14N2O2/c1-20-16(19)12-6-7-15(13(17)10-12)18-9-8-11-4-2-3-5-14(11)18/h2-10H,17H2,1H3. The zero-order valence-corrected chi connectivity index (χ0v) is 11.0. The monoisotopic (exact) mass is 266 g/mol. The largest absolute Gasteiger partial charge is 0.465 e. The van der Waals surface area contributed by atoms with Crippen molar-refractivity contribution in [2.24, 2.45) is 0 Å². The van der Waals surface area contributed by atoms with E-state index in [4.69, 9.17) is 10.5 Å². The number of hydrogen-bond acceptors (Lipinski definition) is 3. The van der Waals surface area contributed by atoms with Gasteiger partial charge in [0.15, 0.2) is 0 Å². The molecule has 1 heterocycles. The molecule has 0 unspecified atom stereocenters. The summed E-state index contributed by atoms with van der Waals surface area (Å²) in [5, 5.41) is 1.14. The summed E-state index contributed by atoms with van der Waals surface area (Å²) in [4.78, 5) is 11.5. The highest BCUT2D eigenvalue weighted by Gasteiger charge is 2.10. The van der Waals surface area contributed by atoms with Crippen LogP contribution in [-0.4, -0.2) is 17.6 Å². The number of methoxy groups -OCH3 is 1. The van der Waals surface area contributed by atoms with Crippen LogP contribution < -0.4 is 5.73 Å². The summed E-state index contributed by atoms with van der Waals surface area (Å²) >= 11 is 0. The summed E-state index contributed by atoms with van der Waals surface area (Å²) in [7, 11) is 1.35. The number of nitrogens with two attached hydrogens (primary N) is 1. The quantitative estimate of drug-likeness (QED) is 0.573. The number of rotatable bonds is 2. The number of anilines is 1. The number of para-hydroxylation sites is 1. The second-order valence-electron chi connectivity index (χ2n) is 4.51. The second kappa shape index (κ2) is 4.74. The minimum atomic E-state index is -0.388. The van der Waals surface area contributed by atoms with E-state index in [0.29, 0.717) is 11.3 Å². The number of ether oxygens (including phenoxy) is 1. The van der Waals surface area contributed by atoms with Crippen molar-refractivity contribution in [3.05, 3.63) is 60.3 Å². The van der Waals surface area contributed by atoms with Crippen molar-refractivity contribution in [3.63, 3.8) is 0 Å². The average molecular weight is 266 g/mol. The van der Waals surface area contributed by atoms with Crippen molar-refractivity contribution in [3.8, 4) is 5.69 Å². The molecule has 4 heteroatoms. The maximum absolute atomic E-state index is 11.5. The third kappa shape index (κ3) is 1.91. The molecule has 3 rings (SSSR count). The zero-order chi connectivity index (χ0) is 14.1. The Labute approximate surface area is 116 Å².